The van der Waals surface area contributed by atoms with Crippen molar-refractivity contribution < 1.29 is 4.79 Å². The molecule has 86 valence electrons. The number of hydrogen-bond donors (Lipinski definition) is 2. The maximum absolute atomic E-state index is 11.8. The van der Waals surface area contributed by atoms with Crippen molar-refractivity contribution in [3.63, 3.8) is 0 Å². The first-order chi connectivity index (χ1) is 7.75. The summed E-state index contributed by atoms with van der Waals surface area (Å²) in [7, 11) is 0. The minimum Gasteiger partial charge on any atom is -0.351 e. The Balaban J connectivity index is 1.80. The zero-order valence-electron chi connectivity index (χ0n) is 9.57. The Morgan fingerprint density at radius 1 is 1.44 bits per heavy atom. The summed E-state index contributed by atoms with van der Waals surface area (Å²) in [6.45, 7) is 3.73. The van der Waals surface area contributed by atoms with Crippen LogP contribution in [0.25, 0.3) is 0 Å². The summed E-state index contributed by atoms with van der Waals surface area (Å²) in [6, 6.07) is 9.98. The van der Waals surface area contributed by atoms with Gasteiger partial charge in [-0.15, -0.1) is 0 Å². The van der Waals surface area contributed by atoms with Crippen molar-refractivity contribution in [1.82, 2.24) is 10.6 Å². The molecule has 3 heteroatoms. The molecule has 0 saturated carbocycles. The first-order valence-corrected chi connectivity index (χ1v) is 5.80. The zero-order chi connectivity index (χ0) is 11.4. The monoisotopic (exact) mass is 218 g/mol. The molecule has 1 aromatic carbocycles. The van der Waals surface area contributed by atoms with Gasteiger partial charge in [0.25, 0.3) is 0 Å². The van der Waals surface area contributed by atoms with Crippen LogP contribution in [0.4, 0.5) is 0 Å². The van der Waals surface area contributed by atoms with Gasteiger partial charge in [0.15, 0.2) is 0 Å². The summed E-state index contributed by atoms with van der Waals surface area (Å²) in [5.74, 6) is 0.723. The van der Waals surface area contributed by atoms with Crippen LogP contribution >= 0.6 is 0 Å². The smallest absolute Gasteiger partial charge is 0.237 e. The molecular weight excluding hydrogens is 200 g/mol. The van der Waals surface area contributed by atoms with E-state index in [0.29, 0.717) is 12.5 Å². The van der Waals surface area contributed by atoms with E-state index in [2.05, 4.69) is 17.6 Å². The molecule has 1 aromatic rings. The van der Waals surface area contributed by atoms with Crippen molar-refractivity contribution in [3.05, 3.63) is 35.9 Å². The van der Waals surface area contributed by atoms with E-state index in [0.717, 1.165) is 18.5 Å². The predicted octanol–water partition coefficient (Wildman–Crippen LogP) is 1.30. The Morgan fingerprint density at radius 2 is 2.19 bits per heavy atom. The number of nitrogens with one attached hydrogen (secondary N) is 2. The lowest BCUT2D eigenvalue weighted by atomic mass is 10.1. The molecular formula is C13H18N2O. The summed E-state index contributed by atoms with van der Waals surface area (Å²) in [4.78, 5) is 11.8. The molecule has 0 unspecified atom stereocenters. The van der Waals surface area contributed by atoms with Crippen LogP contribution in [0.2, 0.25) is 0 Å². The highest BCUT2D eigenvalue weighted by Crippen LogP contribution is 2.12. The second-order valence-electron chi connectivity index (χ2n) is 4.51. The molecule has 1 amide bonds. The Hall–Kier alpha value is -1.35. The highest BCUT2D eigenvalue weighted by Gasteiger charge is 2.26. The highest BCUT2D eigenvalue weighted by molar-refractivity contribution is 5.82. The summed E-state index contributed by atoms with van der Waals surface area (Å²) >= 11 is 0. The van der Waals surface area contributed by atoms with Gasteiger partial charge in [-0.3, -0.25) is 4.79 Å². The van der Waals surface area contributed by atoms with Crippen molar-refractivity contribution in [2.24, 2.45) is 5.92 Å². The first kappa shape index (κ1) is 11.1. The fourth-order valence-corrected chi connectivity index (χ4v) is 2.02. The van der Waals surface area contributed by atoms with Gasteiger partial charge in [0.2, 0.25) is 5.91 Å². The van der Waals surface area contributed by atoms with Crippen LogP contribution < -0.4 is 10.6 Å². The lowest BCUT2D eigenvalue weighted by Gasteiger charge is -2.11. The van der Waals surface area contributed by atoms with Gasteiger partial charge >= 0.3 is 0 Å². The van der Waals surface area contributed by atoms with Crippen molar-refractivity contribution in [3.8, 4) is 0 Å². The van der Waals surface area contributed by atoms with Crippen molar-refractivity contribution in [1.29, 1.82) is 0 Å². The molecule has 0 aromatic heterocycles. The normalized spacial score (nSPS) is 24.3. The van der Waals surface area contributed by atoms with E-state index in [4.69, 9.17) is 0 Å². The topological polar surface area (TPSA) is 41.1 Å². The lowest BCUT2D eigenvalue weighted by molar-refractivity contribution is -0.123. The molecule has 1 aliphatic rings. The van der Waals surface area contributed by atoms with Gasteiger partial charge in [-0.2, -0.15) is 0 Å². The van der Waals surface area contributed by atoms with E-state index in [1.807, 2.05) is 30.3 Å². The quantitative estimate of drug-likeness (QED) is 0.803. The number of carbonyl (C=O) groups excluding carboxylic acids is 1. The molecule has 3 nitrogen and oxygen atoms in total. The van der Waals surface area contributed by atoms with Crippen molar-refractivity contribution in [2.45, 2.75) is 25.9 Å². The Labute approximate surface area is 96.2 Å². The second-order valence-corrected chi connectivity index (χ2v) is 4.51. The number of amides is 1. The van der Waals surface area contributed by atoms with Gasteiger partial charge in [0.1, 0.15) is 0 Å². The maximum Gasteiger partial charge on any atom is 0.237 e. The van der Waals surface area contributed by atoms with E-state index in [1.54, 1.807) is 0 Å². The zero-order valence-corrected chi connectivity index (χ0v) is 9.57. The van der Waals surface area contributed by atoms with E-state index < -0.39 is 0 Å². The average molecular weight is 218 g/mol. The molecule has 2 N–H and O–H groups in total. The number of benzene rings is 1. The molecule has 2 rings (SSSR count). The van der Waals surface area contributed by atoms with Gasteiger partial charge in [0, 0.05) is 6.54 Å². The number of hydrogen-bond acceptors (Lipinski definition) is 2. The molecule has 1 heterocycles. The molecule has 2 atom stereocenters. The fourth-order valence-electron chi connectivity index (χ4n) is 2.02. The number of rotatable bonds is 3. The van der Waals surface area contributed by atoms with Crippen LogP contribution in [-0.4, -0.2) is 18.5 Å². The first-order valence-electron chi connectivity index (χ1n) is 5.80. The number of carbonyl (C=O) groups is 1. The highest BCUT2D eigenvalue weighted by atomic mass is 16.2. The third-order valence-electron chi connectivity index (χ3n) is 2.98. The van der Waals surface area contributed by atoms with E-state index >= 15 is 0 Å². The van der Waals surface area contributed by atoms with Crippen LogP contribution in [0.15, 0.2) is 30.3 Å². The molecule has 0 bridgehead atoms. The van der Waals surface area contributed by atoms with Crippen LogP contribution in [0, 0.1) is 5.92 Å². The SMILES string of the molecule is C[C@H]1CN[C@H](C(=O)NCc2ccccc2)C1. The van der Waals surface area contributed by atoms with Gasteiger partial charge in [-0.1, -0.05) is 37.3 Å². The van der Waals surface area contributed by atoms with Crippen LogP contribution in [0.1, 0.15) is 18.9 Å². The maximum atomic E-state index is 11.8. The van der Waals surface area contributed by atoms with Crippen LogP contribution in [0.5, 0.6) is 0 Å². The summed E-state index contributed by atoms with van der Waals surface area (Å²) in [5.41, 5.74) is 1.14. The van der Waals surface area contributed by atoms with E-state index in [-0.39, 0.29) is 11.9 Å². The van der Waals surface area contributed by atoms with Gasteiger partial charge in [-0.05, 0) is 24.4 Å². The molecule has 1 saturated heterocycles. The van der Waals surface area contributed by atoms with Gasteiger partial charge in [-0.25, -0.2) is 0 Å². The van der Waals surface area contributed by atoms with E-state index in [9.17, 15) is 4.79 Å². The summed E-state index contributed by atoms with van der Waals surface area (Å²) in [5, 5.41) is 6.19. The lowest BCUT2D eigenvalue weighted by Crippen LogP contribution is -2.39. The Bertz CT molecular complexity index is 350. The molecule has 0 spiro atoms. The predicted molar refractivity (Wildman–Crippen MR) is 63.9 cm³/mol. The third kappa shape index (κ3) is 2.83. The molecule has 16 heavy (non-hydrogen) atoms. The summed E-state index contributed by atoms with van der Waals surface area (Å²) in [6.07, 6.45) is 0.945. The molecule has 1 fully saturated rings. The molecule has 0 aliphatic carbocycles. The minimum atomic E-state index is -0.00119. The summed E-state index contributed by atoms with van der Waals surface area (Å²) < 4.78 is 0. The second kappa shape index (κ2) is 5.12. The van der Waals surface area contributed by atoms with Gasteiger partial charge < -0.3 is 10.6 Å². The minimum absolute atomic E-state index is 0.00119. The van der Waals surface area contributed by atoms with Crippen LogP contribution in [0.3, 0.4) is 0 Å². The Kier molecular flexibility index (Phi) is 3.57. The fraction of sp³-hybridized carbons (Fsp3) is 0.462. The largest absolute Gasteiger partial charge is 0.351 e. The van der Waals surface area contributed by atoms with Crippen molar-refractivity contribution >= 4 is 5.91 Å². The molecule has 1 aliphatic heterocycles. The third-order valence-corrected chi connectivity index (χ3v) is 2.98. The van der Waals surface area contributed by atoms with Crippen molar-refractivity contribution in [2.75, 3.05) is 6.54 Å². The molecule has 0 radical (unpaired) electrons. The Morgan fingerprint density at radius 3 is 2.81 bits per heavy atom. The average Bonchev–Trinajstić information content (AvgIpc) is 2.74. The van der Waals surface area contributed by atoms with Crippen LogP contribution in [-0.2, 0) is 11.3 Å². The van der Waals surface area contributed by atoms with E-state index in [1.165, 1.54) is 0 Å². The standard InChI is InChI=1S/C13H18N2O/c1-10-7-12(14-8-10)13(16)15-9-11-5-3-2-4-6-11/h2-6,10,12,14H,7-9H2,1H3,(H,15,16)/t10-,12+/m1/s1. The van der Waals surface area contributed by atoms with Gasteiger partial charge in [0.05, 0.1) is 6.04 Å².